The van der Waals surface area contributed by atoms with Crippen LogP contribution in [0.15, 0.2) is 18.2 Å². The number of amides is 1. The lowest BCUT2D eigenvalue weighted by Crippen LogP contribution is -2.33. The molecule has 1 aliphatic rings. The summed E-state index contributed by atoms with van der Waals surface area (Å²) in [6.07, 6.45) is 0.874. The lowest BCUT2D eigenvalue weighted by Gasteiger charge is -2.21. The largest absolute Gasteiger partial charge is 0.362 e. The topological polar surface area (TPSA) is 75.5 Å². The maximum atomic E-state index is 11.5. The van der Waals surface area contributed by atoms with Crippen LogP contribution < -0.4 is 10.2 Å². The Bertz CT molecular complexity index is 492. The molecule has 96 valence electrons. The molecule has 0 atom stereocenters. The van der Waals surface area contributed by atoms with Gasteiger partial charge in [-0.2, -0.15) is 0 Å². The van der Waals surface area contributed by atoms with Gasteiger partial charge in [0, 0.05) is 24.8 Å². The molecular formula is C11H12IN3O3. The SMILES string of the molecule is O=C1CN(c2ccc([N+](=O)[O-])c(I)c2)CCCN1. The number of hydrogen-bond acceptors (Lipinski definition) is 4. The molecule has 1 fully saturated rings. The maximum Gasteiger partial charge on any atom is 0.282 e. The van der Waals surface area contributed by atoms with Crippen LogP contribution in [0.25, 0.3) is 0 Å². The molecule has 1 aromatic carbocycles. The average molecular weight is 361 g/mol. The van der Waals surface area contributed by atoms with Gasteiger partial charge in [-0.25, -0.2) is 0 Å². The third-order valence-corrected chi connectivity index (χ3v) is 3.62. The molecule has 0 radical (unpaired) electrons. The number of benzene rings is 1. The van der Waals surface area contributed by atoms with Crippen molar-refractivity contribution in [2.75, 3.05) is 24.5 Å². The van der Waals surface area contributed by atoms with Crippen LogP contribution in [0.4, 0.5) is 11.4 Å². The van der Waals surface area contributed by atoms with Gasteiger partial charge >= 0.3 is 0 Å². The molecule has 1 saturated heterocycles. The van der Waals surface area contributed by atoms with Gasteiger partial charge in [-0.05, 0) is 41.1 Å². The first-order valence-electron chi connectivity index (χ1n) is 5.53. The van der Waals surface area contributed by atoms with E-state index >= 15 is 0 Å². The Morgan fingerprint density at radius 1 is 1.44 bits per heavy atom. The highest BCUT2D eigenvalue weighted by atomic mass is 127. The number of halogens is 1. The highest BCUT2D eigenvalue weighted by Gasteiger charge is 2.18. The number of nitrogens with zero attached hydrogens (tertiary/aromatic N) is 2. The van der Waals surface area contributed by atoms with Crippen LogP contribution in [0.3, 0.4) is 0 Å². The first-order chi connectivity index (χ1) is 8.58. The third kappa shape index (κ3) is 2.89. The molecule has 0 saturated carbocycles. The van der Waals surface area contributed by atoms with Crippen molar-refractivity contribution in [1.29, 1.82) is 0 Å². The summed E-state index contributed by atoms with van der Waals surface area (Å²) in [4.78, 5) is 23.7. The third-order valence-electron chi connectivity index (χ3n) is 2.75. The zero-order valence-corrected chi connectivity index (χ0v) is 11.7. The van der Waals surface area contributed by atoms with Crippen LogP contribution in [0.2, 0.25) is 0 Å². The summed E-state index contributed by atoms with van der Waals surface area (Å²) in [5, 5.41) is 13.5. The number of anilines is 1. The van der Waals surface area contributed by atoms with Crippen LogP contribution >= 0.6 is 22.6 Å². The van der Waals surface area contributed by atoms with Crippen LogP contribution in [0, 0.1) is 13.7 Å². The summed E-state index contributed by atoms with van der Waals surface area (Å²) in [7, 11) is 0. The van der Waals surface area contributed by atoms with Gasteiger partial charge in [0.1, 0.15) is 0 Å². The Kier molecular flexibility index (Phi) is 4.00. The van der Waals surface area contributed by atoms with Gasteiger partial charge in [0.15, 0.2) is 0 Å². The van der Waals surface area contributed by atoms with E-state index in [0.717, 1.165) is 18.7 Å². The van der Waals surface area contributed by atoms with E-state index in [0.29, 0.717) is 16.7 Å². The van der Waals surface area contributed by atoms with E-state index in [1.807, 2.05) is 27.5 Å². The number of carbonyl (C=O) groups is 1. The fraction of sp³-hybridized carbons (Fsp3) is 0.364. The molecule has 1 amide bonds. The second kappa shape index (κ2) is 5.51. The van der Waals surface area contributed by atoms with Crippen molar-refractivity contribution in [3.05, 3.63) is 31.9 Å². The van der Waals surface area contributed by atoms with E-state index in [2.05, 4.69) is 5.32 Å². The first-order valence-corrected chi connectivity index (χ1v) is 6.61. The van der Waals surface area contributed by atoms with Crippen LogP contribution in [-0.2, 0) is 4.79 Å². The van der Waals surface area contributed by atoms with Crippen molar-refractivity contribution in [2.24, 2.45) is 0 Å². The summed E-state index contributed by atoms with van der Waals surface area (Å²) in [5.74, 6) is -0.0131. The van der Waals surface area contributed by atoms with Gasteiger partial charge in [-0.3, -0.25) is 14.9 Å². The van der Waals surface area contributed by atoms with Crippen molar-refractivity contribution in [1.82, 2.24) is 5.32 Å². The second-order valence-corrected chi connectivity index (χ2v) is 5.18. The summed E-state index contributed by atoms with van der Waals surface area (Å²) >= 11 is 1.94. The van der Waals surface area contributed by atoms with Crippen molar-refractivity contribution < 1.29 is 9.72 Å². The molecule has 7 heteroatoms. The number of nitro groups is 1. The molecule has 0 aromatic heterocycles. The Labute approximate surface area is 118 Å². The van der Waals surface area contributed by atoms with E-state index in [-0.39, 0.29) is 11.6 Å². The Hall–Kier alpha value is -1.38. The van der Waals surface area contributed by atoms with Gasteiger partial charge in [-0.1, -0.05) is 0 Å². The standard InChI is InChI=1S/C11H12IN3O3/c12-9-6-8(2-3-10(9)15(17)18)14-5-1-4-13-11(16)7-14/h2-3,6H,1,4-5,7H2,(H,13,16). The molecule has 0 unspecified atom stereocenters. The van der Waals surface area contributed by atoms with E-state index in [1.165, 1.54) is 6.07 Å². The summed E-state index contributed by atoms with van der Waals surface area (Å²) in [6.45, 7) is 1.75. The van der Waals surface area contributed by atoms with Gasteiger partial charge in [-0.15, -0.1) is 0 Å². The van der Waals surface area contributed by atoms with E-state index in [4.69, 9.17) is 0 Å². The summed E-state index contributed by atoms with van der Waals surface area (Å²) < 4.78 is 0.583. The van der Waals surface area contributed by atoms with Crippen molar-refractivity contribution in [3.63, 3.8) is 0 Å². The molecule has 1 aromatic rings. The molecule has 0 spiro atoms. The molecule has 6 nitrogen and oxygen atoms in total. The molecule has 1 aliphatic heterocycles. The number of carbonyl (C=O) groups excluding carboxylic acids is 1. The van der Waals surface area contributed by atoms with Crippen molar-refractivity contribution >= 4 is 39.9 Å². The smallest absolute Gasteiger partial charge is 0.282 e. The van der Waals surface area contributed by atoms with Crippen LogP contribution in [0.5, 0.6) is 0 Å². The Morgan fingerprint density at radius 2 is 2.22 bits per heavy atom. The molecule has 2 rings (SSSR count). The highest BCUT2D eigenvalue weighted by molar-refractivity contribution is 14.1. The number of nitro benzene ring substituents is 1. The Balaban J connectivity index is 2.25. The minimum Gasteiger partial charge on any atom is -0.362 e. The van der Waals surface area contributed by atoms with Crippen LogP contribution in [-0.4, -0.2) is 30.5 Å². The van der Waals surface area contributed by atoms with Gasteiger partial charge in [0.05, 0.1) is 15.0 Å². The molecule has 18 heavy (non-hydrogen) atoms. The highest BCUT2D eigenvalue weighted by Crippen LogP contribution is 2.26. The zero-order valence-electron chi connectivity index (χ0n) is 9.56. The fourth-order valence-electron chi connectivity index (χ4n) is 1.87. The Morgan fingerprint density at radius 3 is 2.89 bits per heavy atom. The number of hydrogen-bond donors (Lipinski definition) is 1. The normalized spacial score (nSPS) is 16.1. The molecule has 1 heterocycles. The lowest BCUT2D eigenvalue weighted by molar-refractivity contribution is -0.385. The van der Waals surface area contributed by atoms with Gasteiger partial charge < -0.3 is 10.2 Å². The first kappa shape index (κ1) is 13.1. The molecular weight excluding hydrogens is 349 g/mol. The van der Waals surface area contributed by atoms with Crippen molar-refractivity contribution in [3.8, 4) is 0 Å². The maximum absolute atomic E-state index is 11.5. The van der Waals surface area contributed by atoms with Gasteiger partial charge in [0.25, 0.3) is 5.69 Å². The fourth-order valence-corrected chi connectivity index (χ4v) is 2.56. The lowest BCUT2D eigenvalue weighted by atomic mass is 10.2. The summed E-state index contributed by atoms with van der Waals surface area (Å²) in [6, 6.07) is 4.93. The minimum atomic E-state index is -0.402. The minimum absolute atomic E-state index is 0.0131. The second-order valence-electron chi connectivity index (χ2n) is 4.02. The predicted octanol–water partition coefficient (Wildman–Crippen LogP) is 1.53. The average Bonchev–Trinajstić information content (AvgIpc) is 2.53. The molecule has 0 aliphatic carbocycles. The number of rotatable bonds is 2. The number of nitrogens with one attached hydrogen (secondary N) is 1. The molecule has 1 N–H and O–H groups in total. The summed E-state index contributed by atoms with van der Waals surface area (Å²) in [5.41, 5.74) is 0.945. The zero-order chi connectivity index (χ0) is 13.1. The predicted molar refractivity (Wildman–Crippen MR) is 75.7 cm³/mol. The van der Waals surface area contributed by atoms with Gasteiger partial charge in [0.2, 0.25) is 5.91 Å². The monoisotopic (exact) mass is 361 g/mol. The quantitative estimate of drug-likeness (QED) is 0.493. The van der Waals surface area contributed by atoms with E-state index in [1.54, 1.807) is 12.1 Å². The van der Waals surface area contributed by atoms with Crippen LogP contribution in [0.1, 0.15) is 6.42 Å². The van der Waals surface area contributed by atoms with Crippen molar-refractivity contribution in [2.45, 2.75) is 6.42 Å². The van der Waals surface area contributed by atoms with E-state index < -0.39 is 4.92 Å². The molecule has 0 bridgehead atoms. The van der Waals surface area contributed by atoms with E-state index in [9.17, 15) is 14.9 Å².